The lowest BCUT2D eigenvalue weighted by Gasteiger charge is -2.20. The highest BCUT2D eigenvalue weighted by Crippen LogP contribution is 2.36. The molecule has 0 saturated carbocycles. The Labute approximate surface area is 153 Å². The number of nitrogens with one attached hydrogen (secondary N) is 1. The van der Waals surface area contributed by atoms with Gasteiger partial charge in [0.15, 0.2) is 0 Å². The van der Waals surface area contributed by atoms with Crippen molar-refractivity contribution >= 4 is 23.0 Å². The second-order valence-corrected chi connectivity index (χ2v) is 6.13. The summed E-state index contributed by atoms with van der Waals surface area (Å²) in [6, 6.07) is 7.71. The lowest BCUT2D eigenvalue weighted by atomic mass is 10.1. The predicted molar refractivity (Wildman–Crippen MR) is 95.9 cm³/mol. The summed E-state index contributed by atoms with van der Waals surface area (Å²) < 4.78 is 38.4. The van der Waals surface area contributed by atoms with Gasteiger partial charge in [-0.1, -0.05) is 18.2 Å². The second-order valence-electron chi connectivity index (χ2n) is 6.13. The van der Waals surface area contributed by atoms with Gasteiger partial charge >= 0.3 is 6.18 Å². The zero-order valence-corrected chi connectivity index (χ0v) is 14.9. The van der Waals surface area contributed by atoms with E-state index in [9.17, 15) is 28.1 Å². The fourth-order valence-electron chi connectivity index (χ4n) is 2.66. The van der Waals surface area contributed by atoms with Crippen molar-refractivity contribution in [2.45, 2.75) is 20.0 Å². The Kier molecular flexibility index (Phi) is 5.72. The third-order valence-corrected chi connectivity index (χ3v) is 4.04. The first-order valence-corrected chi connectivity index (χ1v) is 7.93. The number of carbonyl (C=O) groups is 1. The molecule has 0 aliphatic carbocycles. The number of para-hydroxylation sites is 1. The van der Waals surface area contributed by atoms with E-state index in [1.54, 1.807) is 0 Å². The molecule has 2 rings (SSSR count). The highest BCUT2D eigenvalue weighted by Gasteiger charge is 2.33. The van der Waals surface area contributed by atoms with Gasteiger partial charge in [-0.2, -0.15) is 13.2 Å². The Morgan fingerprint density at radius 3 is 2.30 bits per heavy atom. The fraction of sp³-hybridized carbons (Fsp3) is 0.278. The Morgan fingerprint density at radius 1 is 1.19 bits per heavy atom. The molecule has 2 aromatic carbocycles. The quantitative estimate of drug-likeness (QED) is 0.619. The molecule has 0 aliphatic rings. The van der Waals surface area contributed by atoms with E-state index in [-0.39, 0.29) is 12.2 Å². The number of nitro benzene ring substituents is 1. The van der Waals surface area contributed by atoms with E-state index < -0.39 is 28.3 Å². The number of hydrogen-bond acceptors (Lipinski definition) is 4. The van der Waals surface area contributed by atoms with Crippen LogP contribution in [0.25, 0.3) is 0 Å². The molecule has 1 N–H and O–H groups in total. The van der Waals surface area contributed by atoms with Crippen LogP contribution in [0.15, 0.2) is 36.4 Å². The van der Waals surface area contributed by atoms with Crippen LogP contribution >= 0.6 is 0 Å². The Hall–Kier alpha value is -3.10. The van der Waals surface area contributed by atoms with Gasteiger partial charge in [0, 0.05) is 18.8 Å². The van der Waals surface area contributed by atoms with Gasteiger partial charge in [-0.25, -0.2) is 0 Å². The SMILES string of the molecule is Cc1cccc(C)c1NC(=O)CN(C)c1ccc(C(F)(F)F)cc1[N+](=O)[O-]. The van der Waals surface area contributed by atoms with Crippen LogP contribution in [0, 0.1) is 24.0 Å². The molecule has 27 heavy (non-hydrogen) atoms. The maximum atomic E-state index is 12.8. The van der Waals surface area contributed by atoms with E-state index in [1.807, 2.05) is 32.0 Å². The Morgan fingerprint density at radius 2 is 1.78 bits per heavy atom. The van der Waals surface area contributed by atoms with Gasteiger partial charge in [-0.05, 0) is 37.1 Å². The van der Waals surface area contributed by atoms with E-state index in [2.05, 4.69) is 5.32 Å². The molecule has 0 heterocycles. The van der Waals surface area contributed by atoms with Crippen LogP contribution in [0.5, 0.6) is 0 Å². The van der Waals surface area contributed by atoms with Crippen LogP contribution in [-0.2, 0) is 11.0 Å². The number of nitrogens with zero attached hydrogens (tertiary/aromatic N) is 2. The van der Waals surface area contributed by atoms with E-state index in [1.165, 1.54) is 11.9 Å². The summed E-state index contributed by atoms with van der Waals surface area (Å²) in [5.74, 6) is -0.441. The molecule has 2 aromatic rings. The van der Waals surface area contributed by atoms with Gasteiger partial charge in [0.25, 0.3) is 5.69 Å². The second kappa shape index (κ2) is 7.65. The van der Waals surface area contributed by atoms with Crippen LogP contribution in [0.4, 0.5) is 30.2 Å². The number of carbonyl (C=O) groups excluding carboxylic acids is 1. The first kappa shape index (κ1) is 20.2. The van der Waals surface area contributed by atoms with Crippen molar-refractivity contribution in [2.24, 2.45) is 0 Å². The summed E-state index contributed by atoms with van der Waals surface area (Å²) in [7, 11) is 1.40. The van der Waals surface area contributed by atoms with Crippen LogP contribution in [0.2, 0.25) is 0 Å². The molecule has 0 unspecified atom stereocenters. The van der Waals surface area contributed by atoms with Gasteiger partial charge in [0.2, 0.25) is 5.91 Å². The molecule has 0 bridgehead atoms. The monoisotopic (exact) mass is 381 g/mol. The van der Waals surface area contributed by atoms with Gasteiger partial charge < -0.3 is 10.2 Å². The number of alkyl halides is 3. The van der Waals surface area contributed by atoms with Crippen molar-refractivity contribution in [3.63, 3.8) is 0 Å². The van der Waals surface area contributed by atoms with Crippen molar-refractivity contribution in [2.75, 3.05) is 23.8 Å². The third-order valence-electron chi connectivity index (χ3n) is 4.04. The minimum Gasteiger partial charge on any atom is -0.360 e. The molecule has 0 atom stereocenters. The van der Waals surface area contributed by atoms with Crippen molar-refractivity contribution in [1.29, 1.82) is 0 Å². The number of rotatable bonds is 5. The summed E-state index contributed by atoms with van der Waals surface area (Å²) in [6.45, 7) is 3.39. The predicted octanol–water partition coefficient (Wildman–Crippen LogP) is 4.31. The number of aryl methyl sites for hydroxylation is 2. The van der Waals surface area contributed by atoms with E-state index in [0.29, 0.717) is 11.8 Å². The smallest absolute Gasteiger partial charge is 0.360 e. The molecule has 1 amide bonds. The van der Waals surface area contributed by atoms with Gasteiger partial charge in [-0.3, -0.25) is 14.9 Å². The largest absolute Gasteiger partial charge is 0.416 e. The molecule has 9 heteroatoms. The Balaban J connectivity index is 2.23. The summed E-state index contributed by atoms with van der Waals surface area (Å²) in [4.78, 5) is 23.8. The van der Waals surface area contributed by atoms with Gasteiger partial charge in [0.05, 0.1) is 17.0 Å². The highest BCUT2D eigenvalue weighted by atomic mass is 19.4. The van der Waals surface area contributed by atoms with E-state index >= 15 is 0 Å². The molecule has 0 saturated heterocycles. The lowest BCUT2D eigenvalue weighted by molar-refractivity contribution is -0.384. The topological polar surface area (TPSA) is 75.5 Å². The van der Waals surface area contributed by atoms with Crippen LogP contribution < -0.4 is 10.2 Å². The minimum absolute atomic E-state index is 0.0790. The summed E-state index contributed by atoms with van der Waals surface area (Å²) in [5.41, 5.74) is 0.430. The number of hydrogen-bond donors (Lipinski definition) is 1. The summed E-state index contributed by atoms with van der Waals surface area (Å²) in [6.07, 6.45) is -4.69. The first-order chi connectivity index (χ1) is 12.5. The maximum absolute atomic E-state index is 12.8. The third kappa shape index (κ3) is 4.75. The molecule has 0 radical (unpaired) electrons. The standard InChI is InChI=1S/C18H18F3N3O3/c1-11-5-4-6-12(2)17(11)22-16(25)10-23(3)14-8-7-13(18(19,20)21)9-15(14)24(26)27/h4-9H,10H2,1-3H3,(H,22,25). The zero-order valence-electron chi connectivity index (χ0n) is 14.9. The molecule has 0 aliphatic heterocycles. The number of halogens is 3. The minimum atomic E-state index is -4.69. The van der Waals surface area contributed by atoms with Crippen LogP contribution in [0.1, 0.15) is 16.7 Å². The maximum Gasteiger partial charge on any atom is 0.416 e. The molecule has 0 aromatic heterocycles. The van der Waals surface area contributed by atoms with Crippen LogP contribution in [-0.4, -0.2) is 24.4 Å². The average Bonchev–Trinajstić information content (AvgIpc) is 2.56. The van der Waals surface area contributed by atoms with Crippen molar-refractivity contribution in [3.05, 3.63) is 63.2 Å². The summed E-state index contributed by atoms with van der Waals surface area (Å²) in [5, 5.41) is 13.9. The number of likely N-dealkylation sites (N-methyl/N-ethyl adjacent to an activating group) is 1. The number of nitro groups is 1. The molecular formula is C18H18F3N3O3. The molecule has 6 nitrogen and oxygen atoms in total. The number of anilines is 2. The summed E-state index contributed by atoms with van der Waals surface area (Å²) >= 11 is 0. The highest BCUT2D eigenvalue weighted by molar-refractivity contribution is 5.95. The number of amides is 1. The lowest BCUT2D eigenvalue weighted by Crippen LogP contribution is -2.31. The number of benzene rings is 2. The van der Waals surface area contributed by atoms with Crippen molar-refractivity contribution < 1.29 is 22.9 Å². The average molecular weight is 381 g/mol. The first-order valence-electron chi connectivity index (χ1n) is 7.93. The Bertz CT molecular complexity index is 862. The van der Waals surface area contributed by atoms with Crippen molar-refractivity contribution in [3.8, 4) is 0 Å². The van der Waals surface area contributed by atoms with E-state index in [4.69, 9.17) is 0 Å². The molecular weight excluding hydrogens is 363 g/mol. The van der Waals surface area contributed by atoms with E-state index in [0.717, 1.165) is 23.3 Å². The zero-order chi connectivity index (χ0) is 20.4. The molecule has 144 valence electrons. The fourth-order valence-corrected chi connectivity index (χ4v) is 2.66. The van der Waals surface area contributed by atoms with Crippen LogP contribution in [0.3, 0.4) is 0 Å². The molecule has 0 fully saturated rings. The van der Waals surface area contributed by atoms with Gasteiger partial charge in [-0.15, -0.1) is 0 Å². The normalized spacial score (nSPS) is 11.2. The van der Waals surface area contributed by atoms with Crippen molar-refractivity contribution in [1.82, 2.24) is 0 Å². The van der Waals surface area contributed by atoms with Gasteiger partial charge in [0.1, 0.15) is 5.69 Å². The molecule has 0 spiro atoms.